The molecule has 2 amide bonds. The Morgan fingerprint density at radius 3 is 2.17 bits per heavy atom. The Morgan fingerprint density at radius 2 is 1.57 bits per heavy atom. The van der Waals surface area contributed by atoms with E-state index in [4.69, 9.17) is 14.3 Å². The van der Waals surface area contributed by atoms with E-state index in [2.05, 4.69) is 32.6 Å². The Kier molecular flexibility index (Phi) is 8.78. The zero-order chi connectivity index (χ0) is 28.8. The van der Waals surface area contributed by atoms with Crippen LogP contribution in [0.5, 0.6) is 0 Å². The van der Waals surface area contributed by atoms with Gasteiger partial charge in [0.1, 0.15) is 11.3 Å². The molecule has 12 heteroatoms. The first-order chi connectivity index (χ1) is 19.1. The maximum atomic E-state index is 12.8. The molecule has 2 aliphatic heterocycles. The van der Waals surface area contributed by atoms with Crippen LogP contribution in [0.25, 0.3) is 11.3 Å². The zero-order valence-corrected chi connectivity index (χ0v) is 21.5. The average molecular weight is 559 g/mol. The number of alkyl halides is 3. The number of amides is 2. The van der Waals surface area contributed by atoms with E-state index in [1.54, 1.807) is 6.07 Å². The first-order valence-electron chi connectivity index (χ1n) is 12.7. The van der Waals surface area contributed by atoms with E-state index in [9.17, 15) is 22.8 Å². The fraction of sp³-hybridized carbons (Fsp3) is 0.321. The predicted molar refractivity (Wildman–Crippen MR) is 141 cm³/mol. The number of nitrogens with one attached hydrogen (secondary N) is 2. The van der Waals surface area contributed by atoms with E-state index in [1.165, 1.54) is 0 Å². The van der Waals surface area contributed by atoms with Gasteiger partial charge in [-0.05, 0) is 37.1 Å². The van der Waals surface area contributed by atoms with E-state index in [0.717, 1.165) is 43.7 Å². The van der Waals surface area contributed by atoms with Crippen LogP contribution in [0.15, 0.2) is 77.2 Å². The van der Waals surface area contributed by atoms with Crippen molar-refractivity contribution in [3.63, 3.8) is 0 Å². The summed E-state index contributed by atoms with van der Waals surface area (Å²) >= 11 is 0. The minimum atomic E-state index is -5.08. The van der Waals surface area contributed by atoms with Gasteiger partial charge < -0.3 is 30.0 Å². The van der Waals surface area contributed by atoms with Crippen molar-refractivity contribution >= 4 is 23.5 Å². The molecule has 1 spiro atoms. The van der Waals surface area contributed by atoms with Crippen LogP contribution in [0.1, 0.15) is 23.4 Å². The van der Waals surface area contributed by atoms with E-state index >= 15 is 0 Å². The van der Waals surface area contributed by atoms with Crippen LogP contribution in [0.3, 0.4) is 0 Å². The molecule has 3 heterocycles. The molecule has 0 unspecified atom stereocenters. The summed E-state index contributed by atoms with van der Waals surface area (Å²) in [6.07, 6.45) is -3.55. The Balaban J connectivity index is 0.000000470. The Morgan fingerprint density at radius 1 is 0.975 bits per heavy atom. The van der Waals surface area contributed by atoms with Crippen molar-refractivity contribution in [3.05, 3.63) is 78.6 Å². The second kappa shape index (κ2) is 12.2. The molecule has 212 valence electrons. The van der Waals surface area contributed by atoms with Crippen LogP contribution >= 0.6 is 0 Å². The number of carboxylic acid groups (broad SMARTS) is 1. The largest absolute Gasteiger partial charge is 0.490 e. The number of carbonyl (C=O) groups excluding carboxylic acids is 2. The molecule has 1 aromatic heterocycles. The van der Waals surface area contributed by atoms with Crippen molar-refractivity contribution in [1.82, 2.24) is 15.5 Å². The number of halogens is 3. The van der Waals surface area contributed by atoms with Gasteiger partial charge in [-0.25, -0.2) is 4.79 Å². The molecule has 40 heavy (non-hydrogen) atoms. The number of hydrogen-bond donors (Lipinski definition) is 3. The number of carbonyl (C=O) groups is 3. The zero-order valence-electron chi connectivity index (χ0n) is 21.5. The summed E-state index contributed by atoms with van der Waals surface area (Å²) in [5.41, 5.74) is 1.53. The van der Waals surface area contributed by atoms with Gasteiger partial charge in [-0.1, -0.05) is 48.5 Å². The van der Waals surface area contributed by atoms with Crippen LogP contribution in [-0.4, -0.2) is 72.4 Å². The highest BCUT2D eigenvalue weighted by Gasteiger charge is 2.50. The van der Waals surface area contributed by atoms with Gasteiger partial charge in [-0.2, -0.15) is 13.2 Å². The molecule has 0 radical (unpaired) electrons. The molecule has 2 fully saturated rings. The lowest BCUT2D eigenvalue weighted by atomic mass is 9.85. The molecule has 3 aromatic rings. The highest BCUT2D eigenvalue weighted by Crippen LogP contribution is 2.36. The number of nitrogens with zero attached hydrogens (tertiary/aromatic N) is 2. The third-order valence-corrected chi connectivity index (χ3v) is 6.93. The Bertz CT molecular complexity index is 1310. The smallest absolute Gasteiger partial charge is 0.475 e. The van der Waals surface area contributed by atoms with E-state index in [-0.39, 0.29) is 11.8 Å². The van der Waals surface area contributed by atoms with Crippen LogP contribution in [-0.2, 0) is 9.59 Å². The number of furan rings is 1. The van der Waals surface area contributed by atoms with Gasteiger partial charge in [0.15, 0.2) is 5.76 Å². The number of piperidine rings is 1. The van der Waals surface area contributed by atoms with Gasteiger partial charge in [-0.3, -0.25) is 9.59 Å². The number of aliphatic carboxylic acids is 1. The van der Waals surface area contributed by atoms with Gasteiger partial charge >= 0.3 is 12.1 Å². The lowest BCUT2D eigenvalue weighted by molar-refractivity contribution is -0.192. The number of anilines is 1. The summed E-state index contributed by atoms with van der Waals surface area (Å²) in [4.78, 5) is 38.7. The van der Waals surface area contributed by atoms with Crippen molar-refractivity contribution in [1.29, 1.82) is 0 Å². The highest BCUT2D eigenvalue weighted by molar-refractivity contribution is 5.93. The summed E-state index contributed by atoms with van der Waals surface area (Å²) in [6.45, 7) is 3.44. The maximum Gasteiger partial charge on any atom is 0.490 e. The lowest BCUT2D eigenvalue weighted by Gasteiger charge is -2.43. The maximum absolute atomic E-state index is 12.8. The van der Waals surface area contributed by atoms with Crippen LogP contribution in [0.2, 0.25) is 0 Å². The van der Waals surface area contributed by atoms with Crippen LogP contribution in [0, 0.1) is 0 Å². The summed E-state index contributed by atoms with van der Waals surface area (Å²) in [5.74, 6) is -1.86. The molecule has 9 nitrogen and oxygen atoms in total. The second-order valence-corrected chi connectivity index (χ2v) is 9.39. The number of rotatable bonds is 6. The van der Waals surface area contributed by atoms with Crippen LogP contribution in [0.4, 0.5) is 18.9 Å². The fourth-order valence-electron chi connectivity index (χ4n) is 4.81. The second-order valence-electron chi connectivity index (χ2n) is 9.39. The van der Waals surface area contributed by atoms with E-state index < -0.39 is 17.7 Å². The van der Waals surface area contributed by atoms with Crippen LogP contribution < -0.4 is 15.5 Å². The number of carboxylic acids is 1. The van der Waals surface area contributed by atoms with Crippen molar-refractivity contribution in [2.75, 3.05) is 37.7 Å². The topological polar surface area (TPSA) is 115 Å². The van der Waals surface area contributed by atoms with Gasteiger partial charge in [-0.15, -0.1) is 0 Å². The van der Waals surface area contributed by atoms with Crippen molar-refractivity contribution < 1.29 is 37.1 Å². The minimum absolute atomic E-state index is 0.117. The van der Waals surface area contributed by atoms with Gasteiger partial charge in [0.2, 0.25) is 5.91 Å². The normalized spacial score (nSPS) is 16.7. The first-order valence-corrected chi connectivity index (χ1v) is 12.7. The summed E-state index contributed by atoms with van der Waals surface area (Å²) < 4.78 is 37.5. The quantitative estimate of drug-likeness (QED) is 0.422. The molecule has 3 N–H and O–H groups in total. The molecule has 0 aliphatic carbocycles. The molecule has 2 saturated heterocycles. The fourth-order valence-corrected chi connectivity index (χ4v) is 4.81. The van der Waals surface area contributed by atoms with Gasteiger partial charge in [0.25, 0.3) is 5.91 Å². The summed E-state index contributed by atoms with van der Waals surface area (Å²) in [6, 6.07) is 23.4. The highest BCUT2D eigenvalue weighted by atomic mass is 19.4. The lowest BCUT2D eigenvalue weighted by Crippen LogP contribution is -2.57. The molecule has 0 saturated carbocycles. The van der Waals surface area contributed by atoms with Gasteiger partial charge in [0.05, 0.1) is 6.67 Å². The Labute approximate surface area is 228 Å². The van der Waals surface area contributed by atoms with Crippen molar-refractivity contribution in [2.24, 2.45) is 0 Å². The molecule has 5 rings (SSSR count). The average Bonchev–Trinajstić information content (AvgIpc) is 3.56. The van der Waals surface area contributed by atoms with E-state index in [0.29, 0.717) is 24.7 Å². The van der Waals surface area contributed by atoms with E-state index in [1.807, 2.05) is 54.6 Å². The predicted octanol–water partition coefficient (Wildman–Crippen LogP) is 3.74. The molecule has 2 aromatic carbocycles. The summed E-state index contributed by atoms with van der Waals surface area (Å²) in [7, 11) is 0. The SMILES string of the molecule is O=C(NCCN1CCC2(CC1)C(=O)NCN2c1ccccc1)c1ccc(-c2ccccc2)o1.O=C(O)C(F)(F)F. The third kappa shape index (κ3) is 6.63. The minimum Gasteiger partial charge on any atom is -0.475 e. The molecule has 0 bridgehead atoms. The number of likely N-dealkylation sites (tertiary alicyclic amines) is 1. The monoisotopic (exact) mass is 558 g/mol. The molecular formula is C28H29F3N4O5. The van der Waals surface area contributed by atoms with Gasteiger partial charge in [0, 0.05) is 37.4 Å². The molecule has 2 aliphatic rings. The van der Waals surface area contributed by atoms with Crippen molar-refractivity contribution in [3.8, 4) is 11.3 Å². The molecule has 0 atom stereocenters. The standard InChI is InChI=1S/C26H28N4O3.C2HF3O2/c31-24(23-12-11-22(33-23)20-7-3-1-4-8-20)27-15-18-29-16-13-26(14-17-29)25(32)28-19-30(26)21-9-5-2-6-10-21;3-2(4,5)1(6)7/h1-12H,13-19H2,(H,27,31)(H,28,32);(H,6,7). The summed E-state index contributed by atoms with van der Waals surface area (Å²) in [5, 5.41) is 13.1. The molecular weight excluding hydrogens is 529 g/mol. The number of benzene rings is 2. The Hall–Kier alpha value is -4.32. The third-order valence-electron chi connectivity index (χ3n) is 6.93. The number of hydrogen-bond acceptors (Lipinski definition) is 6. The first kappa shape index (κ1) is 28.7. The number of para-hydroxylation sites is 1. The van der Waals surface area contributed by atoms with Crippen molar-refractivity contribution in [2.45, 2.75) is 24.6 Å².